The average molecular weight is 292 g/mol. The van der Waals surface area contributed by atoms with Crippen LogP contribution in [0, 0.1) is 0 Å². The lowest BCUT2D eigenvalue weighted by molar-refractivity contribution is 0.418. The van der Waals surface area contributed by atoms with Gasteiger partial charge in [-0.1, -0.05) is 43.6 Å². The van der Waals surface area contributed by atoms with E-state index in [2.05, 4.69) is 12.2 Å². The molecule has 0 aromatic heterocycles. The van der Waals surface area contributed by atoms with Gasteiger partial charge in [-0.15, -0.1) is 0 Å². The van der Waals surface area contributed by atoms with Crippen LogP contribution < -0.4 is 5.32 Å². The van der Waals surface area contributed by atoms with Gasteiger partial charge in [-0.2, -0.15) is 0 Å². The van der Waals surface area contributed by atoms with Gasteiger partial charge in [-0.3, -0.25) is 0 Å². The Morgan fingerprint density at radius 2 is 2.11 bits per heavy atom. The summed E-state index contributed by atoms with van der Waals surface area (Å²) in [6, 6.07) is 0. The highest BCUT2D eigenvalue weighted by Crippen LogP contribution is 2.31. The minimum Gasteiger partial charge on any atom is -0.307 e. The van der Waals surface area contributed by atoms with E-state index in [0.717, 1.165) is 31.4 Å². The fraction of sp³-hybridized carbons (Fsp3) is 0.692. The Morgan fingerprint density at radius 1 is 1.44 bits per heavy atom. The van der Waals surface area contributed by atoms with Gasteiger partial charge in [0.2, 0.25) is 9.05 Å². The zero-order valence-electron chi connectivity index (χ0n) is 11.2. The van der Waals surface area contributed by atoms with Crippen molar-refractivity contribution in [1.29, 1.82) is 0 Å². The summed E-state index contributed by atoms with van der Waals surface area (Å²) in [5.74, 6) is 0. The van der Waals surface area contributed by atoms with Crippen LogP contribution in [0.5, 0.6) is 0 Å². The Bertz CT molecular complexity index is 442. The molecule has 1 rings (SSSR count). The maximum Gasteiger partial charge on any atom is 0.241 e. The minimum absolute atomic E-state index is 0.618. The summed E-state index contributed by atoms with van der Waals surface area (Å²) in [5.41, 5.74) is 0.158. The van der Waals surface area contributed by atoms with Gasteiger partial charge in [0.1, 0.15) is 5.25 Å². The second kappa shape index (κ2) is 6.22. The summed E-state index contributed by atoms with van der Waals surface area (Å²) < 4.78 is 23.5. The standard InChI is InChI=1S/C13H22ClNO2S/c1-4-5-6-10-15-13(3)9-7-8-11(2)12(13)18(14,16)17/h7-9,12,15H,4-6,10H2,1-3H3. The molecule has 3 nitrogen and oxygen atoms in total. The lowest BCUT2D eigenvalue weighted by Gasteiger charge is -2.37. The van der Waals surface area contributed by atoms with Crippen LogP contribution >= 0.6 is 10.7 Å². The first-order valence-electron chi connectivity index (χ1n) is 6.36. The second-order valence-corrected chi connectivity index (χ2v) is 7.75. The van der Waals surface area contributed by atoms with Gasteiger partial charge in [-0.25, -0.2) is 8.42 Å². The normalized spacial score (nSPS) is 28.2. The Balaban J connectivity index is 2.83. The van der Waals surface area contributed by atoms with Crippen molar-refractivity contribution in [3.05, 3.63) is 23.8 Å². The van der Waals surface area contributed by atoms with Gasteiger partial charge in [0, 0.05) is 10.7 Å². The summed E-state index contributed by atoms with van der Waals surface area (Å²) in [4.78, 5) is 0. The Morgan fingerprint density at radius 3 is 2.67 bits per heavy atom. The highest BCUT2D eigenvalue weighted by Gasteiger charge is 2.42. The Labute approximate surface area is 115 Å². The molecule has 0 radical (unpaired) electrons. The van der Waals surface area contributed by atoms with E-state index in [-0.39, 0.29) is 0 Å². The number of hydrogen-bond donors (Lipinski definition) is 1. The third-order valence-electron chi connectivity index (χ3n) is 3.33. The van der Waals surface area contributed by atoms with Gasteiger partial charge >= 0.3 is 0 Å². The van der Waals surface area contributed by atoms with Crippen molar-refractivity contribution in [2.24, 2.45) is 0 Å². The van der Waals surface area contributed by atoms with Crippen LogP contribution in [-0.2, 0) is 9.05 Å². The lowest BCUT2D eigenvalue weighted by atomic mass is 9.88. The van der Waals surface area contributed by atoms with Crippen LogP contribution in [0.2, 0.25) is 0 Å². The van der Waals surface area contributed by atoms with E-state index in [1.807, 2.05) is 19.1 Å². The van der Waals surface area contributed by atoms with Gasteiger partial charge in [-0.05, 0) is 26.8 Å². The van der Waals surface area contributed by atoms with Crippen molar-refractivity contribution in [2.75, 3.05) is 6.54 Å². The average Bonchev–Trinajstić information content (AvgIpc) is 2.22. The van der Waals surface area contributed by atoms with Crippen molar-refractivity contribution in [3.8, 4) is 0 Å². The SMILES string of the molecule is CCCCCNC1(C)C=CC=C(C)C1S(=O)(=O)Cl. The highest BCUT2D eigenvalue weighted by atomic mass is 35.7. The fourth-order valence-electron chi connectivity index (χ4n) is 2.45. The molecule has 1 aliphatic rings. The molecule has 0 aromatic rings. The maximum absolute atomic E-state index is 11.8. The smallest absolute Gasteiger partial charge is 0.241 e. The molecule has 18 heavy (non-hydrogen) atoms. The predicted octanol–water partition coefficient (Wildman–Crippen LogP) is 2.98. The van der Waals surface area contributed by atoms with Crippen molar-refractivity contribution < 1.29 is 8.42 Å². The van der Waals surface area contributed by atoms with Crippen molar-refractivity contribution in [1.82, 2.24) is 5.32 Å². The molecule has 104 valence electrons. The van der Waals surface area contributed by atoms with Crippen molar-refractivity contribution in [3.63, 3.8) is 0 Å². The zero-order chi connectivity index (χ0) is 13.8. The van der Waals surface area contributed by atoms with Crippen molar-refractivity contribution >= 4 is 19.7 Å². The molecule has 1 aliphatic carbocycles. The van der Waals surface area contributed by atoms with Gasteiger partial charge in [0.15, 0.2) is 0 Å². The molecule has 0 aromatic carbocycles. The van der Waals surface area contributed by atoms with Crippen LogP contribution in [0.25, 0.3) is 0 Å². The fourth-order valence-corrected chi connectivity index (χ4v) is 4.69. The number of rotatable bonds is 6. The van der Waals surface area contributed by atoms with E-state index in [0.29, 0.717) is 0 Å². The number of hydrogen-bond acceptors (Lipinski definition) is 3. The number of nitrogens with one attached hydrogen (secondary N) is 1. The first kappa shape index (κ1) is 15.7. The Hall–Kier alpha value is -0.320. The maximum atomic E-state index is 11.8. The topological polar surface area (TPSA) is 46.2 Å². The van der Waals surface area contributed by atoms with E-state index in [4.69, 9.17) is 10.7 Å². The quantitative estimate of drug-likeness (QED) is 0.604. The van der Waals surface area contributed by atoms with Crippen LogP contribution in [0.3, 0.4) is 0 Å². The molecule has 5 heteroatoms. The molecule has 0 saturated heterocycles. The predicted molar refractivity (Wildman–Crippen MR) is 77.4 cm³/mol. The molecular weight excluding hydrogens is 270 g/mol. The number of halogens is 1. The highest BCUT2D eigenvalue weighted by molar-refractivity contribution is 8.14. The molecule has 0 heterocycles. The summed E-state index contributed by atoms with van der Waals surface area (Å²) in [6.45, 7) is 6.63. The molecule has 0 fully saturated rings. The first-order chi connectivity index (χ1) is 8.31. The van der Waals surface area contributed by atoms with Crippen LogP contribution in [0.4, 0.5) is 0 Å². The monoisotopic (exact) mass is 291 g/mol. The van der Waals surface area contributed by atoms with E-state index < -0.39 is 19.8 Å². The second-order valence-electron chi connectivity index (χ2n) is 5.04. The van der Waals surface area contributed by atoms with Crippen LogP contribution in [0.1, 0.15) is 40.0 Å². The summed E-state index contributed by atoms with van der Waals surface area (Å²) in [5, 5.41) is 2.63. The zero-order valence-corrected chi connectivity index (χ0v) is 12.8. The molecule has 1 N–H and O–H groups in total. The van der Waals surface area contributed by atoms with Gasteiger partial charge in [0.25, 0.3) is 0 Å². The lowest BCUT2D eigenvalue weighted by Crippen LogP contribution is -2.54. The third-order valence-corrected chi connectivity index (χ3v) is 5.29. The van der Waals surface area contributed by atoms with Crippen molar-refractivity contribution in [2.45, 2.75) is 50.8 Å². The largest absolute Gasteiger partial charge is 0.307 e. The molecule has 0 amide bonds. The summed E-state index contributed by atoms with van der Waals surface area (Å²) >= 11 is 0. The summed E-state index contributed by atoms with van der Waals surface area (Å²) in [6.07, 6.45) is 8.90. The van der Waals surface area contributed by atoms with Gasteiger partial charge < -0.3 is 5.32 Å². The molecule has 0 saturated carbocycles. The molecule has 0 aliphatic heterocycles. The van der Waals surface area contributed by atoms with Gasteiger partial charge in [0.05, 0.1) is 5.54 Å². The van der Waals surface area contributed by atoms with Crippen LogP contribution in [0.15, 0.2) is 23.8 Å². The van der Waals surface area contributed by atoms with Crippen LogP contribution in [-0.4, -0.2) is 25.8 Å². The van der Waals surface area contributed by atoms with E-state index in [1.165, 1.54) is 0 Å². The summed E-state index contributed by atoms with van der Waals surface area (Å²) in [7, 11) is 1.95. The molecule has 2 unspecified atom stereocenters. The number of allylic oxidation sites excluding steroid dienone is 2. The number of unbranched alkanes of at least 4 members (excludes halogenated alkanes) is 2. The Kier molecular flexibility index (Phi) is 5.44. The molecule has 0 spiro atoms. The van der Waals surface area contributed by atoms with E-state index >= 15 is 0 Å². The molecule has 0 bridgehead atoms. The third kappa shape index (κ3) is 3.84. The minimum atomic E-state index is -3.64. The first-order valence-corrected chi connectivity index (χ1v) is 8.73. The van der Waals surface area contributed by atoms with E-state index in [1.54, 1.807) is 13.0 Å². The molecular formula is C13H22ClNO2S. The molecule has 2 atom stereocenters. The van der Waals surface area contributed by atoms with E-state index in [9.17, 15) is 8.42 Å².